The summed E-state index contributed by atoms with van der Waals surface area (Å²) in [5.74, 6) is -0.345. The molecule has 78 valence electrons. The first-order valence-electron chi connectivity index (χ1n) is 4.10. The highest BCUT2D eigenvalue weighted by atomic mass is 32.2. The van der Waals surface area contributed by atoms with Crippen molar-refractivity contribution in [2.24, 2.45) is 0 Å². The van der Waals surface area contributed by atoms with Crippen molar-refractivity contribution >= 4 is 22.7 Å². The lowest BCUT2D eigenvalue weighted by atomic mass is 10.2. The molecule has 0 N–H and O–H groups in total. The zero-order chi connectivity index (χ0) is 10.8. The topological polar surface area (TPSA) is 48.8 Å². The van der Waals surface area contributed by atoms with E-state index in [0.717, 1.165) is 11.5 Å². The standard InChI is InChI=1S/C9H7FN2OS2/c1-15(13)9-11-8(14-12-9)6-4-2-3-5-7(6)10/h2-5H,1H3. The van der Waals surface area contributed by atoms with E-state index in [0.29, 0.717) is 10.6 Å². The molecule has 15 heavy (non-hydrogen) atoms. The third-order valence-electron chi connectivity index (χ3n) is 1.77. The molecule has 6 heteroatoms. The Morgan fingerprint density at radius 2 is 2.13 bits per heavy atom. The first-order chi connectivity index (χ1) is 7.18. The molecular formula is C9H7FN2OS2. The fourth-order valence-corrected chi connectivity index (χ4v) is 2.48. The van der Waals surface area contributed by atoms with Gasteiger partial charge in [-0.1, -0.05) is 12.1 Å². The zero-order valence-electron chi connectivity index (χ0n) is 7.81. The number of hydrogen-bond acceptors (Lipinski definition) is 4. The van der Waals surface area contributed by atoms with Crippen molar-refractivity contribution in [3.63, 3.8) is 0 Å². The van der Waals surface area contributed by atoms with Gasteiger partial charge in [0.05, 0.1) is 0 Å². The van der Waals surface area contributed by atoms with Gasteiger partial charge in [-0.3, -0.25) is 0 Å². The minimum absolute atomic E-state index is 0.248. The molecule has 0 amide bonds. The number of aromatic nitrogens is 2. The van der Waals surface area contributed by atoms with Crippen molar-refractivity contribution in [2.75, 3.05) is 6.26 Å². The van der Waals surface area contributed by atoms with Crippen molar-refractivity contribution in [2.45, 2.75) is 5.16 Å². The smallest absolute Gasteiger partial charge is 0.354 e. The Morgan fingerprint density at radius 3 is 2.73 bits per heavy atom. The molecule has 1 aromatic heterocycles. The average molecular weight is 242 g/mol. The van der Waals surface area contributed by atoms with E-state index in [1.807, 2.05) is 0 Å². The van der Waals surface area contributed by atoms with Crippen molar-refractivity contribution in [3.05, 3.63) is 30.1 Å². The van der Waals surface area contributed by atoms with Crippen LogP contribution in [0.25, 0.3) is 10.6 Å². The third kappa shape index (κ3) is 2.17. The molecule has 3 nitrogen and oxygen atoms in total. The Balaban J connectivity index is 2.42. The van der Waals surface area contributed by atoms with Gasteiger partial charge in [0.15, 0.2) is 5.01 Å². The fourth-order valence-electron chi connectivity index (χ4n) is 1.07. The van der Waals surface area contributed by atoms with E-state index in [1.165, 1.54) is 12.3 Å². The highest BCUT2D eigenvalue weighted by molar-refractivity contribution is 7.90. The van der Waals surface area contributed by atoms with E-state index >= 15 is 0 Å². The largest absolute Gasteiger partial charge is 0.609 e. The molecule has 0 saturated heterocycles. The molecule has 0 radical (unpaired) electrons. The number of nitrogens with zero attached hydrogens (tertiary/aromatic N) is 2. The van der Waals surface area contributed by atoms with Crippen LogP contribution in [0.4, 0.5) is 4.39 Å². The molecule has 0 aliphatic carbocycles. The van der Waals surface area contributed by atoms with Crippen molar-refractivity contribution < 1.29 is 8.94 Å². The predicted molar refractivity (Wildman–Crippen MR) is 57.6 cm³/mol. The zero-order valence-corrected chi connectivity index (χ0v) is 9.44. The molecule has 0 fully saturated rings. The summed E-state index contributed by atoms with van der Waals surface area (Å²) in [7, 11) is 0. The normalized spacial score (nSPS) is 12.7. The average Bonchev–Trinajstić information content (AvgIpc) is 2.67. The summed E-state index contributed by atoms with van der Waals surface area (Å²) in [5.41, 5.74) is 0.395. The molecule has 1 heterocycles. The summed E-state index contributed by atoms with van der Waals surface area (Å²) in [5, 5.41) is 0.705. The lowest BCUT2D eigenvalue weighted by Gasteiger charge is -1.97. The molecule has 1 unspecified atom stereocenters. The van der Waals surface area contributed by atoms with Crippen molar-refractivity contribution in [1.29, 1.82) is 0 Å². The Hall–Kier alpha value is -0.980. The van der Waals surface area contributed by atoms with E-state index < -0.39 is 11.2 Å². The summed E-state index contributed by atoms with van der Waals surface area (Å²) in [6.07, 6.45) is 1.49. The van der Waals surface area contributed by atoms with E-state index in [9.17, 15) is 8.94 Å². The van der Waals surface area contributed by atoms with Crippen LogP contribution in [0.1, 0.15) is 0 Å². The monoisotopic (exact) mass is 242 g/mol. The predicted octanol–water partition coefficient (Wildman–Crippen LogP) is 2.08. The number of rotatable bonds is 2. The van der Waals surface area contributed by atoms with Gasteiger partial charge in [-0.15, -0.1) is 4.37 Å². The van der Waals surface area contributed by atoms with Gasteiger partial charge < -0.3 is 4.55 Å². The minimum Gasteiger partial charge on any atom is -0.609 e. The van der Waals surface area contributed by atoms with Gasteiger partial charge in [0.25, 0.3) is 0 Å². The molecule has 0 spiro atoms. The van der Waals surface area contributed by atoms with E-state index in [2.05, 4.69) is 9.36 Å². The molecule has 1 atom stereocenters. The lowest BCUT2D eigenvalue weighted by molar-refractivity contribution is 0.594. The van der Waals surface area contributed by atoms with E-state index in [-0.39, 0.29) is 11.0 Å². The second-order valence-corrected chi connectivity index (χ2v) is 4.84. The van der Waals surface area contributed by atoms with Crippen molar-refractivity contribution in [1.82, 2.24) is 9.36 Å². The first kappa shape index (κ1) is 10.5. The quantitative estimate of drug-likeness (QED) is 0.757. The van der Waals surface area contributed by atoms with Gasteiger partial charge in [-0.25, -0.2) is 4.39 Å². The van der Waals surface area contributed by atoms with Gasteiger partial charge in [-0.05, 0) is 23.7 Å². The molecule has 0 aliphatic heterocycles. The Kier molecular flexibility index (Phi) is 2.99. The maximum absolute atomic E-state index is 13.3. The summed E-state index contributed by atoms with van der Waals surface area (Å²) in [4.78, 5) is 4.01. The molecule has 0 saturated carbocycles. The Labute approximate surface area is 93.3 Å². The van der Waals surface area contributed by atoms with Crippen LogP contribution in [0.2, 0.25) is 0 Å². The Morgan fingerprint density at radius 1 is 1.40 bits per heavy atom. The van der Waals surface area contributed by atoms with Gasteiger partial charge in [0.2, 0.25) is 0 Å². The van der Waals surface area contributed by atoms with Crippen LogP contribution >= 0.6 is 11.5 Å². The minimum atomic E-state index is -1.22. The maximum atomic E-state index is 13.3. The summed E-state index contributed by atoms with van der Waals surface area (Å²) in [6.45, 7) is 0. The van der Waals surface area contributed by atoms with Gasteiger partial charge in [0, 0.05) is 16.7 Å². The van der Waals surface area contributed by atoms with Crippen LogP contribution in [0.3, 0.4) is 0 Å². The molecular weight excluding hydrogens is 235 g/mol. The summed E-state index contributed by atoms with van der Waals surface area (Å²) >= 11 is -0.172. The van der Waals surface area contributed by atoms with Gasteiger partial charge in [-0.2, -0.15) is 4.98 Å². The third-order valence-corrected chi connectivity index (χ3v) is 3.33. The first-order valence-corrected chi connectivity index (χ1v) is 6.43. The molecule has 2 rings (SSSR count). The van der Waals surface area contributed by atoms with Crippen LogP contribution in [-0.2, 0) is 11.2 Å². The number of hydrogen-bond donors (Lipinski definition) is 0. The number of halogens is 1. The highest BCUT2D eigenvalue weighted by Crippen LogP contribution is 2.25. The van der Waals surface area contributed by atoms with Crippen LogP contribution in [-0.4, -0.2) is 20.2 Å². The summed E-state index contributed by atoms with van der Waals surface area (Å²) < 4.78 is 28.3. The maximum Gasteiger partial charge on any atom is 0.354 e. The van der Waals surface area contributed by atoms with Crippen LogP contribution in [0, 0.1) is 5.82 Å². The fraction of sp³-hybridized carbons (Fsp3) is 0.111. The number of benzene rings is 1. The van der Waals surface area contributed by atoms with Crippen LogP contribution in [0.15, 0.2) is 29.4 Å². The molecule has 1 aromatic carbocycles. The van der Waals surface area contributed by atoms with Crippen LogP contribution in [0.5, 0.6) is 0 Å². The molecule has 0 aliphatic rings. The SMILES string of the molecule is C[S+]([O-])c1nsc(-c2ccccc2F)n1. The van der Waals surface area contributed by atoms with Gasteiger partial charge >= 0.3 is 5.16 Å². The molecule has 0 bridgehead atoms. The second-order valence-electron chi connectivity index (χ2n) is 2.82. The van der Waals surface area contributed by atoms with E-state index in [4.69, 9.17) is 0 Å². The molecule has 2 aromatic rings. The second kappa shape index (κ2) is 4.26. The van der Waals surface area contributed by atoms with E-state index in [1.54, 1.807) is 18.2 Å². The highest BCUT2D eigenvalue weighted by Gasteiger charge is 2.15. The van der Waals surface area contributed by atoms with Crippen LogP contribution < -0.4 is 0 Å². The van der Waals surface area contributed by atoms with Crippen molar-refractivity contribution in [3.8, 4) is 10.6 Å². The summed E-state index contributed by atoms with van der Waals surface area (Å²) in [6, 6.07) is 6.32. The lowest BCUT2D eigenvalue weighted by Crippen LogP contribution is -1.99. The Bertz CT molecular complexity index is 473. The van der Waals surface area contributed by atoms with Gasteiger partial charge in [0.1, 0.15) is 12.1 Å².